The summed E-state index contributed by atoms with van der Waals surface area (Å²) in [6, 6.07) is 9.40. The van der Waals surface area contributed by atoms with Crippen LogP contribution in [0.15, 0.2) is 55.1 Å². The first-order chi connectivity index (χ1) is 12.2. The third kappa shape index (κ3) is 3.28. The standard InChI is InChI=1S/C19H17ClN4O/c20-16-2-3-18-15(11-16)5-9-24(19(18)25)17-10-14(12-21-13-17)4-8-23-7-1-6-22-23/h1-3,6-7,10-13H,4-5,8-9H2. The molecule has 5 nitrogen and oxygen atoms in total. The third-order valence-corrected chi connectivity index (χ3v) is 4.66. The van der Waals surface area contributed by atoms with Gasteiger partial charge < -0.3 is 4.90 Å². The van der Waals surface area contributed by atoms with E-state index in [-0.39, 0.29) is 5.91 Å². The minimum atomic E-state index is 0.00365. The molecule has 1 aromatic carbocycles. The van der Waals surface area contributed by atoms with Crippen LogP contribution in [0, 0.1) is 0 Å². The number of anilines is 1. The van der Waals surface area contributed by atoms with Gasteiger partial charge in [0.25, 0.3) is 5.91 Å². The lowest BCUT2D eigenvalue weighted by Crippen LogP contribution is -2.37. The number of hydrogen-bond donors (Lipinski definition) is 0. The largest absolute Gasteiger partial charge is 0.306 e. The Morgan fingerprint density at radius 3 is 2.96 bits per heavy atom. The van der Waals surface area contributed by atoms with Crippen molar-refractivity contribution >= 4 is 23.2 Å². The normalized spacial score (nSPS) is 13.8. The van der Waals surface area contributed by atoms with Crippen molar-refractivity contribution in [2.75, 3.05) is 11.4 Å². The zero-order chi connectivity index (χ0) is 17.2. The Bertz CT molecular complexity index is 908. The van der Waals surface area contributed by atoms with Crippen molar-refractivity contribution in [2.24, 2.45) is 0 Å². The maximum atomic E-state index is 12.8. The first kappa shape index (κ1) is 15.8. The summed E-state index contributed by atoms with van der Waals surface area (Å²) in [6.45, 7) is 1.42. The second-order valence-electron chi connectivity index (χ2n) is 6.08. The van der Waals surface area contributed by atoms with Gasteiger partial charge in [-0.25, -0.2) is 0 Å². The summed E-state index contributed by atoms with van der Waals surface area (Å²) in [5.41, 5.74) is 3.65. The summed E-state index contributed by atoms with van der Waals surface area (Å²) in [5, 5.41) is 4.88. The molecule has 3 aromatic rings. The quantitative estimate of drug-likeness (QED) is 0.723. The number of fused-ring (bicyclic) bond motifs is 1. The number of carbonyl (C=O) groups is 1. The molecule has 0 N–H and O–H groups in total. The molecule has 2 aromatic heterocycles. The van der Waals surface area contributed by atoms with Crippen LogP contribution in [0.3, 0.4) is 0 Å². The Morgan fingerprint density at radius 2 is 2.12 bits per heavy atom. The van der Waals surface area contributed by atoms with Gasteiger partial charge in [-0.05, 0) is 54.3 Å². The molecule has 1 aliphatic heterocycles. The third-order valence-electron chi connectivity index (χ3n) is 4.43. The number of aromatic nitrogens is 3. The highest BCUT2D eigenvalue weighted by Gasteiger charge is 2.25. The molecule has 25 heavy (non-hydrogen) atoms. The van der Waals surface area contributed by atoms with Gasteiger partial charge in [0, 0.05) is 42.3 Å². The van der Waals surface area contributed by atoms with Crippen LogP contribution in [0.25, 0.3) is 0 Å². The van der Waals surface area contributed by atoms with Crippen molar-refractivity contribution in [2.45, 2.75) is 19.4 Å². The highest BCUT2D eigenvalue weighted by molar-refractivity contribution is 6.30. The number of nitrogens with zero attached hydrogens (tertiary/aromatic N) is 4. The van der Waals surface area contributed by atoms with Crippen molar-refractivity contribution in [3.8, 4) is 0 Å². The molecule has 0 spiro atoms. The number of halogens is 1. The molecule has 0 saturated carbocycles. The fourth-order valence-corrected chi connectivity index (χ4v) is 3.33. The number of rotatable bonds is 4. The first-order valence-electron chi connectivity index (χ1n) is 8.22. The van der Waals surface area contributed by atoms with Crippen molar-refractivity contribution in [3.63, 3.8) is 0 Å². The molecule has 0 fully saturated rings. The van der Waals surface area contributed by atoms with E-state index in [0.717, 1.165) is 41.8 Å². The van der Waals surface area contributed by atoms with Gasteiger partial charge in [0.05, 0.1) is 11.9 Å². The molecule has 0 saturated heterocycles. The van der Waals surface area contributed by atoms with Crippen molar-refractivity contribution in [1.82, 2.24) is 14.8 Å². The average Bonchev–Trinajstić information content (AvgIpc) is 3.14. The second-order valence-corrected chi connectivity index (χ2v) is 6.52. The summed E-state index contributed by atoms with van der Waals surface area (Å²) in [7, 11) is 0. The molecular formula is C19H17ClN4O. The molecule has 0 radical (unpaired) electrons. The number of amides is 1. The van der Waals surface area contributed by atoms with Gasteiger partial charge in [-0.2, -0.15) is 5.10 Å². The van der Waals surface area contributed by atoms with E-state index in [1.54, 1.807) is 29.4 Å². The van der Waals surface area contributed by atoms with E-state index in [2.05, 4.69) is 10.1 Å². The summed E-state index contributed by atoms with van der Waals surface area (Å²) in [5.74, 6) is 0.00365. The Labute approximate surface area is 150 Å². The molecule has 0 bridgehead atoms. The van der Waals surface area contributed by atoms with Gasteiger partial charge in [-0.15, -0.1) is 0 Å². The van der Waals surface area contributed by atoms with Gasteiger partial charge >= 0.3 is 0 Å². The Hall–Kier alpha value is -2.66. The highest BCUT2D eigenvalue weighted by atomic mass is 35.5. The number of aryl methyl sites for hydroxylation is 2. The predicted molar refractivity (Wildman–Crippen MR) is 97.0 cm³/mol. The lowest BCUT2D eigenvalue weighted by molar-refractivity contribution is 0.0980. The lowest BCUT2D eigenvalue weighted by atomic mass is 9.98. The van der Waals surface area contributed by atoms with Crippen LogP contribution in [0.1, 0.15) is 21.5 Å². The molecule has 4 rings (SSSR count). The monoisotopic (exact) mass is 352 g/mol. The zero-order valence-electron chi connectivity index (χ0n) is 13.6. The van der Waals surface area contributed by atoms with E-state index in [9.17, 15) is 4.79 Å². The van der Waals surface area contributed by atoms with Gasteiger partial charge in [-0.1, -0.05) is 11.6 Å². The second kappa shape index (κ2) is 6.69. The number of pyridine rings is 1. The van der Waals surface area contributed by atoms with Crippen molar-refractivity contribution in [3.05, 3.63) is 76.8 Å². The van der Waals surface area contributed by atoms with Crippen LogP contribution < -0.4 is 4.90 Å². The van der Waals surface area contributed by atoms with E-state index in [1.807, 2.05) is 35.3 Å². The maximum absolute atomic E-state index is 12.8. The summed E-state index contributed by atoms with van der Waals surface area (Å²) >= 11 is 6.03. The predicted octanol–water partition coefficient (Wildman–Crippen LogP) is 3.38. The minimum absolute atomic E-state index is 0.00365. The Kier molecular flexibility index (Phi) is 4.24. The Morgan fingerprint density at radius 1 is 1.20 bits per heavy atom. The topological polar surface area (TPSA) is 51.0 Å². The fraction of sp³-hybridized carbons (Fsp3) is 0.211. The SMILES string of the molecule is O=C1c2ccc(Cl)cc2CCN1c1cncc(CCn2cccn2)c1. The molecule has 126 valence electrons. The van der Waals surface area contributed by atoms with Crippen LogP contribution in [-0.4, -0.2) is 27.2 Å². The summed E-state index contributed by atoms with van der Waals surface area (Å²) in [4.78, 5) is 18.9. The molecule has 0 unspecified atom stereocenters. The summed E-state index contributed by atoms with van der Waals surface area (Å²) < 4.78 is 1.89. The maximum Gasteiger partial charge on any atom is 0.258 e. The van der Waals surface area contributed by atoms with Crippen molar-refractivity contribution < 1.29 is 4.79 Å². The lowest BCUT2D eigenvalue weighted by Gasteiger charge is -2.28. The number of carbonyl (C=O) groups excluding carboxylic acids is 1. The highest BCUT2D eigenvalue weighted by Crippen LogP contribution is 2.26. The molecule has 6 heteroatoms. The van der Waals surface area contributed by atoms with Crippen LogP contribution in [0.4, 0.5) is 5.69 Å². The molecule has 1 aliphatic rings. The zero-order valence-corrected chi connectivity index (χ0v) is 14.4. The smallest absolute Gasteiger partial charge is 0.258 e. The molecule has 3 heterocycles. The average molecular weight is 353 g/mol. The minimum Gasteiger partial charge on any atom is -0.306 e. The van der Waals surface area contributed by atoms with E-state index in [0.29, 0.717) is 11.6 Å². The van der Waals surface area contributed by atoms with Gasteiger partial charge in [0.1, 0.15) is 0 Å². The molecular weight excluding hydrogens is 336 g/mol. The molecule has 1 amide bonds. The van der Waals surface area contributed by atoms with Crippen LogP contribution in [-0.2, 0) is 19.4 Å². The van der Waals surface area contributed by atoms with Gasteiger partial charge in [-0.3, -0.25) is 14.5 Å². The molecule has 0 aliphatic carbocycles. The number of hydrogen-bond acceptors (Lipinski definition) is 3. The molecule has 0 atom stereocenters. The van der Waals surface area contributed by atoms with Gasteiger partial charge in [0.2, 0.25) is 0 Å². The van der Waals surface area contributed by atoms with Crippen LogP contribution in [0.5, 0.6) is 0 Å². The van der Waals surface area contributed by atoms with E-state index < -0.39 is 0 Å². The first-order valence-corrected chi connectivity index (χ1v) is 8.60. The number of benzene rings is 1. The van der Waals surface area contributed by atoms with Crippen molar-refractivity contribution in [1.29, 1.82) is 0 Å². The van der Waals surface area contributed by atoms with Gasteiger partial charge in [0.15, 0.2) is 0 Å². The fourth-order valence-electron chi connectivity index (χ4n) is 3.14. The summed E-state index contributed by atoms with van der Waals surface area (Å²) in [6.07, 6.45) is 8.90. The Balaban J connectivity index is 1.55. The van der Waals surface area contributed by atoms with E-state index >= 15 is 0 Å². The van der Waals surface area contributed by atoms with E-state index in [4.69, 9.17) is 11.6 Å². The van der Waals surface area contributed by atoms with Crippen LogP contribution >= 0.6 is 11.6 Å². The van der Waals surface area contributed by atoms with E-state index in [1.165, 1.54) is 0 Å². The van der Waals surface area contributed by atoms with Crippen LogP contribution in [0.2, 0.25) is 5.02 Å².